The topological polar surface area (TPSA) is 29.5 Å². The molecule has 60 valence electrons. The van der Waals surface area contributed by atoms with Gasteiger partial charge in [-0.1, -0.05) is 18.3 Å². The van der Waals surface area contributed by atoms with E-state index in [2.05, 4.69) is 6.58 Å². The highest BCUT2D eigenvalue weighted by molar-refractivity contribution is 8.26. The largest absolute Gasteiger partial charge is 0.289 e. The first-order valence-corrected chi connectivity index (χ1v) is 4.27. The normalized spacial score (nSPS) is 18.3. The van der Waals surface area contributed by atoms with Crippen LogP contribution in [0, 0.1) is 0 Å². The van der Waals surface area contributed by atoms with Crippen molar-refractivity contribution in [2.75, 3.05) is 6.61 Å². The Morgan fingerprint density at radius 3 is 2.82 bits per heavy atom. The minimum Gasteiger partial charge on any atom is -0.266 e. The Kier molecular flexibility index (Phi) is 2.64. The van der Waals surface area contributed by atoms with Crippen LogP contribution in [0.3, 0.4) is 0 Å². The highest BCUT2D eigenvalue weighted by Gasteiger charge is 2.31. The summed E-state index contributed by atoms with van der Waals surface area (Å²) in [5, 5.41) is 1.10. The fourth-order valence-electron chi connectivity index (χ4n) is 0.627. The summed E-state index contributed by atoms with van der Waals surface area (Å²) in [7, 11) is 0. The zero-order valence-corrected chi connectivity index (χ0v) is 7.63. The molecule has 0 bridgehead atoms. The molecule has 0 aromatic carbocycles. The zero-order valence-electron chi connectivity index (χ0n) is 5.99. The minimum absolute atomic E-state index is 0.248. The number of hydrogen-bond acceptors (Lipinski definition) is 4. The fourth-order valence-corrected chi connectivity index (χ4v) is 1.66. The molecule has 1 aliphatic heterocycles. The molecule has 11 heavy (non-hydrogen) atoms. The second kappa shape index (κ2) is 3.34. The third kappa shape index (κ3) is 1.61. The molecule has 1 fully saturated rings. The van der Waals surface area contributed by atoms with Gasteiger partial charge in [-0.2, -0.15) is 5.06 Å². The van der Waals surface area contributed by atoms with Crippen molar-refractivity contribution in [3.05, 3.63) is 11.5 Å². The number of carbonyl (C=O) groups excluding carboxylic acids is 1. The smallest absolute Gasteiger partial charge is 0.266 e. The van der Waals surface area contributed by atoms with Crippen molar-refractivity contribution >= 4 is 34.2 Å². The molecule has 0 radical (unpaired) electrons. The Morgan fingerprint density at radius 1 is 1.82 bits per heavy atom. The molecule has 0 atom stereocenters. The van der Waals surface area contributed by atoms with Gasteiger partial charge < -0.3 is 0 Å². The second-order valence-corrected chi connectivity index (χ2v) is 3.54. The Hall–Kier alpha value is -0.390. The van der Waals surface area contributed by atoms with E-state index in [1.54, 1.807) is 6.92 Å². The molecule has 0 spiro atoms. The van der Waals surface area contributed by atoms with Crippen molar-refractivity contribution in [1.29, 1.82) is 0 Å². The van der Waals surface area contributed by atoms with Gasteiger partial charge in [0.05, 0.1) is 11.5 Å². The van der Waals surface area contributed by atoms with Gasteiger partial charge in [-0.15, -0.1) is 0 Å². The van der Waals surface area contributed by atoms with Gasteiger partial charge in [0.25, 0.3) is 5.91 Å². The van der Waals surface area contributed by atoms with Crippen molar-refractivity contribution in [3.63, 3.8) is 0 Å². The Bertz CT molecular complexity index is 227. The number of amides is 1. The lowest BCUT2D eigenvalue weighted by atomic mass is 10.6. The van der Waals surface area contributed by atoms with E-state index in [-0.39, 0.29) is 5.91 Å². The summed E-state index contributed by atoms with van der Waals surface area (Å²) in [6, 6.07) is 0. The molecule has 1 saturated heterocycles. The van der Waals surface area contributed by atoms with E-state index in [1.165, 1.54) is 0 Å². The summed E-state index contributed by atoms with van der Waals surface area (Å²) in [6.07, 6.45) is 0. The van der Waals surface area contributed by atoms with Crippen LogP contribution in [0.25, 0.3) is 0 Å². The first kappa shape index (κ1) is 8.70. The summed E-state index contributed by atoms with van der Waals surface area (Å²) in [4.78, 5) is 16.5. The summed E-state index contributed by atoms with van der Waals surface area (Å²) in [5.41, 5.74) is 0. The fraction of sp³-hybridized carbons (Fsp3) is 0.333. The SMILES string of the molecule is C=C1SC(=S)N(OCC)C1=O. The van der Waals surface area contributed by atoms with Crippen LogP contribution >= 0.6 is 24.0 Å². The van der Waals surface area contributed by atoms with E-state index in [4.69, 9.17) is 17.1 Å². The van der Waals surface area contributed by atoms with Crippen LogP contribution in [0.15, 0.2) is 11.5 Å². The summed E-state index contributed by atoms with van der Waals surface area (Å²) >= 11 is 6.01. The van der Waals surface area contributed by atoms with Gasteiger partial charge in [0.15, 0.2) is 4.32 Å². The van der Waals surface area contributed by atoms with Gasteiger partial charge >= 0.3 is 0 Å². The summed E-state index contributed by atoms with van der Waals surface area (Å²) in [5.74, 6) is -0.248. The van der Waals surface area contributed by atoms with Gasteiger partial charge in [0.1, 0.15) is 0 Å². The maximum absolute atomic E-state index is 11.1. The molecule has 0 aromatic rings. The monoisotopic (exact) mass is 189 g/mol. The number of thioether (sulfide) groups is 1. The number of hydroxylamine groups is 2. The molecular weight excluding hydrogens is 182 g/mol. The molecule has 0 aliphatic carbocycles. The van der Waals surface area contributed by atoms with Crippen LogP contribution in [-0.2, 0) is 9.63 Å². The van der Waals surface area contributed by atoms with E-state index in [1.807, 2.05) is 0 Å². The quantitative estimate of drug-likeness (QED) is 0.484. The molecule has 5 heteroatoms. The van der Waals surface area contributed by atoms with Crippen molar-refractivity contribution in [3.8, 4) is 0 Å². The lowest BCUT2D eigenvalue weighted by Gasteiger charge is -2.11. The third-order valence-corrected chi connectivity index (χ3v) is 2.23. The predicted molar refractivity (Wildman–Crippen MR) is 47.8 cm³/mol. The standard InChI is InChI=1S/C6H7NO2S2/c1-3-9-7-5(8)4(2)11-6(7)10/h2-3H2,1H3. The molecule has 0 saturated carbocycles. The molecule has 1 heterocycles. The van der Waals surface area contributed by atoms with Gasteiger partial charge in [-0.3, -0.25) is 9.63 Å². The van der Waals surface area contributed by atoms with Crippen molar-refractivity contribution < 1.29 is 9.63 Å². The lowest BCUT2D eigenvalue weighted by Crippen LogP contribution is -2.27. The van der Waals surface area contributed by atoms with Crippen LogP contribution in [0.5, 0.6) is 0 Å². The predicted octanol–water partition coefficient (Wildman–Crippen LogP) is 1.31. The van der Waals surface area contributed by atoms with Crippen LogP contribution < -0.4 is 0 Å². The first-order chi connectivity index (χ1) is 5.16. The molecule has 0 unspecified atom stereocenters. The number of thiocarbonyl (C=S) groups is 1. The third-order valence-electron chi connectivity index (χ3n) is 1.06. The van der Waals surface area contributed by atoms with E-state index < -0.39 is 0 Å². The van der Waals surface area contributed by atoms with Gasteiger partial charge in [-0.25, -0.2) is 0 Å². The Balaban J connectivity index is 2.71. The van der Waals surface area contributed by atoms with Gasteiger partial charge in [0.2, 0.25) is 0 Å². The highest BCUT2D eigenvalue weighted by Crippen LogP contribution is 2.29. The number of carbonyl (C=O) groups is 1. The van der Waals surface area contributed by atoms with Gasteiger partial charge in [-0.05, 0) is 19.1 Å². The molecule has 1 amide bonds. The van der Waals surface area contributed by atoms with E-state index in [9.17, 15) is 4.79 Å². The molecule has 3 nitrogen and oxygen atoms in total. The average Bonchev–Trinajstić information content (AvgIpc) is 2.17. The Morgan fingerprint density at radius 2 is 2.45 bits per heavy atom. The average molecular weight is 189 g/mol. The highest BCUT2D eigenvalue weighted by atomic mass is 32.2. The molecule has 0 aromatic heterocycles. The number of nitrogens with zero attached hydrogens (tertiary/aromatic N) is 1. The maximum atomic E-state index is 11.1. The Labute approximate surface area is 74.3 Å². The van der Waals surface area contributed by atoms with Crippen molar-refractivity contribution in [2.24, 2.45) is 0 Å². The zero-order chi connectivity index (χ0) is 8.43. The van der Waals surface area contributed by atoms with Gasteiger partial charge in [0, 0.05) is 0 Å². The minimum atomic E-state index is -0.248. The molecular formula is C6H7NO2S2. The van der Waals surface area contributed by atoms with Crippen LogP contribution in [0.2, 0.25) is 0 Å². The number of hydrogen-bond donors (Lipinski definition) is 0. The van der Waals surface area contributed by atoms with Crippen LogP contribution in [0.4, 0.5) is 0 Å². The van der Waals surface area contributed by atoms with E-state index in [0.717, 1.165) is 16.8 Å². The van der Waals surface area contributed by atoms with Crippen LogP contribution in [0.1, 0.15) is 6.92 Å². The van der Waals surface area contributed by atoms with E-state index in [0.29, 0.717) is 15.8 Å². The van der Waals surface area contributed by atoms with E-state index >= 15 is 0 Å². The molecule has 1 rings (SSSR count). The molecule has 1 aliphatic rings. The second-order valence-electron chi connectivity index (χ2n) is 1.81. The lowest BCUT2D eigenvalue weighted by molar-refractivity contribution is -0.154. The summed E-state index contributed by atoms with van der Waals surface area (Å²) in [6.45, 7) is 5.75. The van der Waals surface area contributed by atoms with Crippen molar-refractivity contribution in [2.45, 2.75) is 6.92 Å². The first-order valence-electron chi connectivity index (χ1n) is 3.05. The van der Waals surface area contributed by atoms with Crippen molar-refractivity contribution in [1.82, 2.24) is 5.06 Å². The maximum Gasteiger partial charge on any atom is 0.289 e. The molecule has 0 N–H and O–H groups in total. The summed E-state index contributed by atoms with van der Waals surface area (Å²) < 4.78 is 0.418. The van der Waals surface area contributed by atoms with Crippen LogP contribution in [-0.4, -0.2) is 21.9 Å². The number of rotatable bonds is 2.